The highest BCUT2D eigenvalue weighted by Crippen LogP contribution is 2.32. The van der Waals surface area contributed by atoms with Crippen molar-refractivity contribution in [3.8, 4) is 0 Å². The van der Waals surface area contributed by atoms with Crippen LogP contribution < -0.4 is 5.32 Å². The van der Waals surface area contributed by atoms with E-state index in [4.69, 9.17) is 34.8 Å². The molecule has 0 fully saturated rings. The Morgan fingerprint density at radius 2 is 2.07 bits per heavy atom. The lowest BCUT2D eigenvalue weighted by Crippen LogP contribution is -2.21. The van der Waals surface area contributed by atoms with Gasteiger partial charge >= 0.3 is 0 Å². The third-order valence-corrected chi connectivity index (χ3v) is 3.14. The summed E-state index contributed by atoms with van der Waals surface area (Å²) in [7, 11) is 0. The Bertz CT molecular complexity index is 344. The zero-order valence-corrected chi connectivity index (χ0v) is 10.5. The van der Waals surface area contributed by atoms with E-state index in [1.807, 2.05) is 13.0 Å². The minimum atomic E-state index is -0.612. The maximum absolute atomic E-state index is 9.29. The highest BCUT2D eigenvalue weighted by Gasteiger charge is 2.09. The fourth-order valence-corrected chi connectivity index (χ4v) is 1.71. The first-order valence-corrected chi connectivity index (χ1v) is 5.77. The molecule has 0 aliphatic heterocycles. The number of aliphatic hydroxyl groups is 1. The second-order valence-corrected chi connectivity index (χ2v) is 4.34. The summed E-state index contributed by atoms with van der Waals surface area (Å²) in [5, 5.41) is 13.4. The van der Waals surface area contributed by atoms with Gasteiger partial charge in [-0.15, -0.1) is 11.6 Å². The van der Waals surface area contributed by atoms with Gasteiger partial charge in [0.15, 0.2) is 0 Å². The van der Waals surface area contributed by atoms with Crippen LogP contribution in [0.5, 0.6) is 0 Å². The van der Waals surface area contributed by atoms with Gasteiger partial charge in [-0.1, -0.05) is 29.3 Å². The minimum Gasteiger partial charge on any atom is -0.390 e. The number of aryl methyl sites for hydroxylation is 1. The monoisotopic (exact) mass is 267 g/mol. The topological polar surface area (TPSA) is 32.3 Å². The Morgan fingerprint density at radius 3 is 2.67 bits per heavy atom. The first-order valence-electron chi connectivity index (χ1n) is 4.48. The lowest BCUT2D eigenvalue weighted by molar-refractivity contribution is 0.211. The second kappa shape index (κ2) is 5.80. The van der Waals surface area contributed by atoms with Crippen LogP contribution in [-0.2, 0) is 0 Å². The predicted molar refractivity (Wildman–Crippen MR) is 66.4 cm³/mol. The first-order chi connectivity index (χ1) is 7.06. The average Bonchev–Trinajstić information content (AvgIpc) is 2.23. The van der Waals surface area contributed by atoms with Crippen LogP contribution in [0.3, 0.4) is 0 Å². The molecule has 0 bridgehead atoms. The van der Waals surface area contributed by atoms with Gasteiger partial charge < -0.3 is 10.4 Å². The molecule has 0 aliphatic carbocycles. The van der Waals surface area contributed by atoms with Gasteiger partial charge in [-0.25, -0.2) is 0 Å². The van der Waals surface area contributed by atoms with Gasteiger partial charge in [0.05, 0.1) is 27.7 Å². The largest absolute Gasteiger partial charge is 0.390 e. The molecule has 5 heteroatoms. The van der Waals surface area contributed by atoms with Crippen LogP contribution in [0, 0.1) is 6.92 Å². The molecule has 1 unspecified atom stereocenters. The third kappa shape index (κ3) is 3.42. The Hall–Kier alpha value is -0.150. The first kappa shape index (κ1) is 12.9. The summed E-state index contributed by atoms with van der Waals surface area (Å²) < 4.78 is 0. The Morgan fingerprint density at radius 1 is 1.40 bits per heavy atom. The number of hydrogen-bond donors (Lipinski definition) is 2. The molecule has 0 aromatic heterocycles. The Balaban J connectivity index is 2.80. The Kier molecular flexibility index (Phi) is 5.00. The van der Waals surface area contributed by atoms with E-state index in [9.17, 15) is 5.11 Å². The molecule has 1 atom stereocenters. The van der Waals surface area contributed by atoms with Crippen molar-refractivity contribution in [2.75, 3.05) is 17.7 Å². The third-order valence-electron chi connectivity index (χ3n) is 1.98. The van der Waals surface area contributed by atoms with E-state index in [1.165, 1.54) is 0 Å². The number of nitrogens with one attached hydrogen (secondary N) is 1. The molecule has 0 spiro atoms. The highest BCUT2D eigenvalue weighted by molar-refractivity contribution is 6.39. The molecule has 0 radical (unpaired) electrons. The molecule has 1 aromatic rings. The Labute approximate surface area is 104 Å². The normalized spacial score (nSPS) is 12.6. The summed E-state index contributed by atoms with van der Waals surface area (Å²) in [6.07, 6.45) is -0.612. The van der Waals surface area contributed by atoms with E-state index in [1.54, 1.807) is 6.07 Å². The molecule has 0 aliphatic rings. The van der Waals surface area contributed by atoms with Crippen molar-refractivity contribution >= 4 is 40.5 Å². The van der Waals surface area contributed by atoms with Gasteiger partial charge in [-0.3, -0.25) is 0 Å². The molecule has 2 N–H and O–H groups in total. The molecular formula is C10H12Cl3NO. The van der Waals surface area contributed by atoms with Crippen molar-refractivity contribution in [1.82, 2.24) is 0 Å². The van der Waals surface area contributed by atoms with Crippen LogP contribution in [0.1, 0.15) is 5.56 Å². The van der Waals surface area contributed by atoms with Crippen LogP contribution in [0.4, 0.5) is 5.69 Å². The summed E-state index contributed by atoms with van der Waals surface area (Å²) in [6.45, 7) is 2.22. The molecule has 0 amide bonds. The van der Waals surface area contributed by atoms with Crippen molar-refractivity contribution in [3.05, 3.63) is 27.7 Å². The lowest BCUT2D eigenvalue weighted by Gasteiger charge is -2.14. The summed E-state index contributed by atoms with van der Waals surface area (Å²) in [4.78, 5) is 0. The molecule has 1 rings (SSSR count). The van der Waals surface area contributed by atoms with E-state index >= 15 is 0 Å². The van der Waals surface area contributed by atoms with E-state index in [-0.39, 0.29) is 5.88 Å². The van der Waals surface area contributed by atoms with Gasteiger partial charge in [-0.05, 0) is 18.6 Å². The van der Waals surface area contributed by atoms with Gasteiger partial charge in [0, 0.05) is 6.54 Å². The number of rotatable bonds is 4. The molecule has 0 saturated carbocycles. The number of anilines is 1. The van der Waals surface area contributed by atoms with Crippen LogP contribution in [0.15, 0.2) is 12.1 Å². The summed E-state index contributed by atoms with van der Waals surface area (Å²) in [6, 6.07) is 3.60. The number of alkyl halides is 1. The standard InChI is InChI=1S/C10H12Cl3NO/c1-6-2-3-8(12)10(9(6)13)14-5-7(15)4-11/h2-3,7,14-15H,4-5H2,1H3. The van der Waals surface area contributed by atoms with E-state index in [0.717, 1.165) is 5.56 Å². The molecule has 1 aromatic carbocycles. The summed E-state index contributed by atoms with van der Waals surface area (Å²) in [5.41, 5.74) is 1.58. The molecule has 84 valence electrons. The minimum absolute atomic E-state index is 0.175. The van der Waals surface area contributed by atoms with Crippen molar-refractivity contribution in [2.45, 2.75) is 13.0 Å². The van der Waals surface area contributed by atoms with Gasteiger partial charge in [0.1, 0.15) is 0 Å². The van der Waals surface area contributed by atoms with Crippen LogP contribution in [0.25, 0.3) is 0 Å². The summed E-state index contributed by atoms with van der Waals surface area (Å²) in [5.74, 6) is 0.175. The number of hydrogen-bond acceptors (Lipinski definition) is 2. The lowest BCUT2D eigenvalue weighted by atomic mass is 10.2. The van der Waals surface area contributed by atoms with E-state index in [0.29, 0.717) is 22.3 Å². The van der Waals surface area contributed by atoms with Crippen LogP contribution in [-0.4, -0.2) is 23.6 Å². The fraction of sp³-hybridized carbons (Fsp3) is 0.400. The second-order valence-electron chi connectivity index (χ2n) is 3.24. The van der Waals surface area contributed by atoms with Gasteiger partial charge in [0.25, 0.3) is 0 Å². The quantitative estimate of drug-likeness (QED) is 0.821. The van der Waals surface area contributed by atoms with Crippen LogP contribution in [0.2, 0.25) is 10.0 Å². The van der Waals surface area contributed by atoms with E-state index < -0.39 is 6.10 Å². The maximum atomic E-state index is 9.29. The van der Waals surface area contributed by atoms with Crippen LogP contribution >= 0.6 is 34.8 Å². The number of aliphatic hydroxyl groups excluding tert-OH is 1. The summed E-state index contributed by atoms with van der Waals surface area (Å²) >= 11 is 17.5. The van der Waals surface area contributed by atoms with Gasteiger partial charge in [-0.2, -0.15) is 0 Å². The van der Waals surface area contributed by atoms with Crippen molar-refractivity contribution in [1.29, 1.82) is 0 Å². The molecule has 0 heterocycles. The van der Waals surface area contributed by atoms with Crippen molar-refractivity contribution in [2.24, 2.45) is 0 Å². The maximum Gasteiger partial charge on any atom is 0.0847 e. The number of benzene rings is 1. The average molecular weight is 269 g/mol. The predicted octanol–water partition coefficient (Wildman–Crippen LogP) is 3.31. The smallest absolute Gasteiger partial charge is 0.0847 e. The molecule has 15 heavy (non-hydrogen) atoms. The SMILES string of the molecule is Cc1ccc(Cl)c(NCC(O)CCl)c1Cl. The molecule has 2 nitrogen and oxygen atoms in total. The number of halogens is 3. The molecular weight excluding hydrogens is 256 g/mol. The van der Waals surface area contributed by atoms with Crippen molar-refractivity contribution in [3.63, 3.8) is 0 Å². The fourth-order valence-electron chi connectivity index (χ4n) is 1.09. The zero-order valence-electron chi connectivity index (χ0n) is 8.23. The molecule has 0 saturated heterocycles. The zero-order chi connectivity index (χ0) is 11.4. The van der Waals surface area contributed by atoms with E-state index in [2.05, 4.69) is 5.32 Å². The van der Waals surface area contributed by atoms with Crippen molar-refractivity contribution < 1.29 is 5.11 Å². The van der Waals surface area contributed by atoms with Gasteiger partial charge in [0.2, 0.25) is 0 Å². The highest BCUT2D eigenvalue weighted by atomic mass is 35.5.